The fourth-order valence-corrected chi connectivity index (χ4v) is 2.66. The van der Waals surface area contributed by atoms with Crippen LogP contribution in [-0.4, -0.2) is 19.1 Å². The van der Waals surface area contributed by atoms with Crippen molar-refractivity contribution in [2.24, 2.45) is 0 Å². The fourth-order valence-electron chi connectivity index (χ4n) is 2.46. The summed E-state index contributed by atoms with van der Waals surface area (Å²) in [7, 11) is 0. The van der Waals surface area contributed by atoms with Crippen molar-refractivity contribution in [2.75, 3.05) is 13.2 Å². The SMILES string of the molecule is O=C(NCc1ccccc1Cl)c1ccc(OCCOc2ccccc2)cc1. The zero-order chi connectivity index (χ0) is 18.9. The Labute approximate surface area is 163 Å². The van der Waals surface area contributed by atoms with Crippen LogP contribution in [0.5, 0.6) is 11.5 Å². The molecule has 0 spiro atoms. The fraction of sp³-hybridized carbons (Fsp3) is 0.136. The quantitative estimate of drug-likeness (QED) is 0.574. The number of nitrogens with one attached hydrogen (secondary N) is 1. The van der Waals surface area contributed by atoms with E-state index in [1.165, 1.54) is 0 Å². The topological polar surface area (TPSA) is 47.6 Å². The van der Waals surface area contributed by atoms with Crippen LogP contribution in [-0.2, 0) is 6.54 Å². The Morgan fingerprint density at radius 3 is 2.04 bits per heavy atom. The third kappa shape index (κ3) is 5.76. The summed E-state index contributed by atoms with van der Waals surface area (Å²) >= 11 is 6.10. The van der Waals surface area contributed by atoms with Crippen LogP contribution < -0.4 is 14.8 Å². The standard InChI is InChI=1S/C22H20ClNO3/c23-21-9-5-4-6-18(21)16-24-22(25)17-10-12-20(13-11-17)27-15-14-26-19-7-2-1-3-8-19/h1-13H,14-16H2,(H,24,25). The molecule has 0 aliphatic rings. The highest BCUT2D eigenvalue weighted by Gasteiger charge is 2.07. The minimum Gasteiger partial charge on any atom is -0.490 e. The molecule has 4 nitrogen and oxygen atoms in total. The summed E-state index contributed by atoms with van der Waals surface area (Å²) in [4.78, 5) is 12.2. The first-order valence-electron chi connectivity index (χ1n) is 8.65. The smallest absolute Gasteiger partial charge is 0.251 e. The van der Waals surface area contributed by atoms with Gasteiger partial charge in [0.25, 0.3) is 5.91 Å². The van der Waals surface area contributed by atoms with Gasteiger partial charge in [-0.25, -0.2) is 0 Å². The number of carbonyl (C=O) groups is 1. The van der Waals surface area contributed by atoms with Gasteiger partial charge < -0.3 is 14.8 Å². The lowest BCUT2D eigenvalue weighted by molar-refractivity contribution is 0.0951. The molecular weight excluding hydrogens is 362 g/mol. The van der Waals surface area contributed by atoms with Crippen LogP contribution in [0, 0.1) is 0 Å². The van der Waals surface area contributed by atoms with E-state index >= 15 is 0 Å². The first-order chi connectivity index (χ1) is 13.2. The highest BCUT2D eigenvalue weighted by molar-refractivity contribution is 6.31. The summed E-state index contributed by atoms with van der Waals surface area (Å²) in [6, 6.07) is 24.0. The molecule has 1 N–H and O–H groups in total. The Balaban J connectivity index is 1.43. The van der Waals surface area contributed by atoms with Gasteiger partial charge in [-0.1, -0.05) is 48.0 Å². The van der Waals surface area contributed by atoms with Crippen molar-refractivity contribution in [3.63, 3.8) is 0 Å². The van der Waals surface area contributed by atoms with E-state index in [4.69, 9.17) is 21.1 Å². The number of hydrogen-bond acceptors (Lipinski definition) is 3. The maximum absolute atomic E-state index is 12.2. The van der Waals surface area contributed by atoms with Crippen LogP contribution in [0.2, 0.25) is 5.02 Å². The molecule has 1 amide bonds. The maximum atomic E-state index is 12.2. The Bertz CT molecular complexity index is 866. The predicted octanol–water partition coefficient (Wildman–Crippen LogP) is 4.73. The lowest BCUT2D eigenvalue weighted by atomic mass is 10.2. The summed E-state index contributed by atoms with van der Waals surface area (Å²) in [5.41, 5.74) is 1.45. The van der Waals surface area contributed by atoms with Crippen LogP contribution in [0.3, 0.4) is 0 Å². The molecule has 5 heteroatoms. The summed E-state index contributed by atoms with van der Waals surface area (Å²) in [5, 5.41) is 3.50. The van der Waals surface area contributed by atoms with Gasteiger partial charge in [-0.3, -0.25) is 4.79 Å². The molecule has 0 saturated carbocycles. The van der Waals surface area contributed by atoms with Crippen LogP contribution in [0.1, 0.15) is 15.9 Å². The zero-order valence-corrected chi connectivity index (χ0v) is 15.5. The molecule has 3 rings (SSSR count). The lowest BCUT2D eigenvalue weighted by Gasteiger charge is -2.09. The third-order valence-electron chi connectivity index (χ3n) is 3.88. The average Bonchev–Trinajstić information content (AvgIpc) is 2.72. The Hall–Kier alpha value is -2.98. The number of benzene rings is 3. The highest BCUT2D eigenvalue weighted by Crippen LogP contribution is 2.16. The number of rotatable bonds is 8. The van der Waals surface area contributed by atoms with E-state index in [-0.39, 0.29) is 5.91 Å². The van der Waals surface area contributed by atoms with E-state index in [0.29, 0.717) is 36.1 Å². The molecule has 0 bridgehead atoms. The van der Waals surface area contributed by atoms with Gasteiger partial charge >= 0.3 is 0 Å². The largest absolute Gasteiger partial charge is 0.490 e. The van der Waals surface area contributed by atoms with Crippen molar-refractivity contribution in [1.29, 1.82) is 0 Å². The average molecular weight is 382 g/mol. The number of amides is 1. The first-order valence-corrected chi connectivity index (χ1v) is 9.02. The Morgan fingerprint density at radius 1 is 0.778 bits per heavy atom. The first kappa shape index (κ1) is 18.8. The van der Waals surface area contributed by atoms with Crippen molar-refractivity contribution in [3.8, 4) is 11.5 Å². The molecule has 0 radical (unpaired) electrons. The monoisotopic (exact) mass is 381 g/mol. The highest BCUT2D eigenvalue weighted by atomic mass is 35.5. The van der Waals surface area contributed by atoms with E-state index < -0.39 is 0 Å². The summed E-state index contributed by atoms with van der Waals surface area (Å²) in [6.45, 7) is 1.25. The van der Waals surface area contributed by atoms with E-state index in [1.807, 2.05) is 48.5 Å². The maximum Gasteiger partial charge on any atom is 0.251 e. The molecule has 0 fully saturated rings. The second-order valence-electron chi connectivity index (χ2n) is 5.81. The van der Waals surface area contributed by atoms with Crippen molar-refractivity contribution >= 4 is 17.5 Å². The lowest BCUT2D eigenvalue weighted by Crippen LogP contribution is -2.22. The Morgan fingerprint density at radius 2 is 1.37 bits per heavy atom. The van der Waals surface area contributed by atoms with Crippen molar-refractivity contribution in [2.45, 2.75) is 6.54 Å². The second kappa shape index (κ2) is 9.64. The van der Waals surface area contributed by atoms with Gasteiger partial charge in [0.2, 0.25) is 0 Å². The molecule has 0 heterocycles. The number of hydrogen-bond donors (Lipinski definition) is 1. The molecule has 0 saturated heterocycles. The molecule has 0 aromatic heterocycles. The minimum absolute atomic E-state index is 0.158. The van der Waals surface area contributed by atoms with Gasteiger partial charge in [0.15, 0.2) is 0 Å². The summed E-state index contributed by atoms with van der Waals surface area (Å²) in [5.74, 6) is 1.34. The van der Waals surface area contributed by atoms with E-state index in [9.17, 15) is 4.79 Å². The molecular formula is C22H20ClNO3. The number of ether oxygens (including phenoxy) is 2. The molecule has 0 unspecified atom stereocenters. The van der Waals surface area contributed by atoms with E-state index in [1.54, 1.807) is 30.3 Å². The van der Waals surface area contributed by atoms with Crippen molar-refractivity contribution in [3.05, 3.63) is 95.0 Å². The van der Waals surface area contributed by atoms with Crippen LogP contribution >= 0.6 is 11.6 Å². The van der Waals surface area contributed by atoms with Crippen LogP contribution in [0.15, 0.2) is 78.9 Å². The molecule has 0 atom stereocenters. The van der Waals surface area contributed by atoms with E-state index in [0.717, 1.165) is 11.3 Å². The van der Waals surface area contributed by atoms with Gasteiger partial charge in [0, 0.05) is 17.1 Å². The number of para-hydroxylation sites is 1. The number of halogens is 1. The van der Waals surface area contributed by atoms with Crippen LogP contribution in [0.4, 0.5) is 0 Å². The summed E-state index contributed by atoms with van der Waals surface area (Å²) in [6.07, 6.45) is 0. The second-order valence-corrected chi connectivity index (χ2v) is 6.22. The predicted molar refractivity (Wildman–Crippen MR) is 106 cm³/mol. The molecule has 3 aromatic carbocycles. The zero-order valence-electron chi connectivity index (χ0n) is 14.7. The molecule has 0 aliphatic carbocycles. The molecule has 138 valence electrons. The normalized spacial score (nSPS) is 10.3. The van der Waals surface area contributed by atoms with Gasteiger partial charge in [-0.2, -0.15) is 0 Å². The number of carbonyl (C=O) groups excluding carboxylic acids is 1. The van der Waals surface area contributed by atoms with Gasteiger partial charge in [-0.05, 0) is 48.0 Å². The minimum atomic E-state index is -0.158. The molecule has 27 heavy (non-hydrogen) atoms. The Kier molecular flexibility index (Phi) is 6.72. The molecule has 0 aliphatic heterocycles. The van der Waals surface area contributed by atoms with Crippen LogP contribution in [0.25, 0.3) is 0 Å². The third-order valence-corrected chi connectivity index (χ3v) is 4.25. The summed E-state index contributed by atoms with van der Waals surface area (Å²) < 4.78 is 11.2. The van der Waals surface area contributed by atoms with Crippen molar-refractivity contribution in [1.82, 2.24) is 5.32 Å². The molecule has 3 aromatic rings. The van der Waals surface area contributed by atoms with E-state index in [2.05, 4.69) is 5.32 Å². The van der Waals surface area contributed by atoms with Gasteiger partial charge in [0.1, 0.15) is 24.7 Å². The van der Waals surface area contributed by atoms with Gasteiger partial charge in [-0.15, -0.1) is 0 Å². The van der Waals surface area contributed by atoms with Gasteiger partial charge in [0.05, 0.1) is 0 Å². The van der Waals surface area contributed by atoms with Crippen molar-refractivity contribution < 1.29 is 14.3 Å².